The molecule has 1 unspecified atom stereocenters. The van der Waals surface area contributed by atoms with Crippen molar-refractivity contribution in [1.82, 2.24) is 0 Å². The van der Waals surface area contributed by atoms with E-state index in [2.05, 4.69) is 31.9 Å². The van der Waals surface area contributed by atoms with Gasteiger partial charge in [-0.15, -0.1) is 0 Å². The Labute approximate surface area is 137 Å². The fourth-order valence-corrected chi connectivity index (χ4v) is 3.15. The molecular formula is C15H11Br2F3O. The van der Waals surface area contributed by atoms with Crippen LogP contribution in [-0.4, -0.2) is 7.11 Å². The van der Waals surface area contributed by atoms with Gasteiger partial charge >= 0.3 is 0 Å². The molecule has 0 amide bonds. The van der Waals surface area contributed by atoms with Gasteiger partial charge in [-0.25, -0.2) is 13.2 Å². The van der Waals surface area contributed by atoms with Gasteiger partial charge in [-0.05, 0) is 24.6 Å². The highest BCUT2D eigenvalue weighted by molar-refractivity contribution is 9.10. The lowest BCUT2D eigenvalue weighted by Gasteiger charge is -2.17. The van der Waals surface area contributed by atoms with Gasteiger partial charge in [0.2, 0.25) is 0 Å². The standard InChI is InChI=1S/C15H11Br2F3O/c1-7-3-13(21-2)9(6-10(7)16)15(17)14-11(19)4-8(18)5-12(14)20/h3-6,15H,1-2H3. The Balaban J connectivity index is 2.60. The molecule has 0 fully saturated rings. The first-order valence-electron chi connectivity index (χ1n) is 5.97. The smallest absolute Gasteiger partial charge is 0.133 e. The Hall–Kier alpha value is -1.01. The lowest BCUT2D eigenvalue weighted by molar-refractivity contribution is 0.409. The first kappa shape index (κ1) is 16.4. The minimum absolute atomic E-state index is 0.259. The number of aryl methyl sites for hydroxylation is 1. The second kappa shape index (κ2) is 6.40. The molecule has 0 aliphatic heterocycles. The predicted molar refractivity (Wildman–Crippen MR) is 82.5 cm³/mol. The molecule has 1 nitrogen and oxygen atoms in total. The maximum absolute atomic E-state index is 13.9. The van der Waals surface area contributed by atoms with E-state index in [4.69, 9.17) is 4.74 Å². The normalized spacial score (nSPS) is 12.3. The molecule has 0 aromatic heterocycles. The van der Waals surface area contributed by atoms with E-state index in [0.29, 0.717) is 23.4 Å². The third kappa shape index (κ3) is 3.26. The maximum atomic E-state index is 13.9. The van der Waals surface area contributed by atoms with Crippen molar-refractivity contribution in [2.75, 3.05) is 7.11 Å². The number of alkyl halides is 1. The summed E-state index contributed by atoms with van der Waals surface area (Å²) in [4.78, 5) is -0.801. The number of ether oxygens (including phenoxy) is 1. The topological polar surface area (TPSA) is 9.23 Å². The van der Waals surface area contributed by atoms with Gasteiger partial charge in [0, 0.05) is 27.7 Å². The summed E-state index contributed by atoms with van der Waals surface area (Å²) >= 11 is 6.64. The average molecular weight is 424 g/mol. The van der Waals surface area contributed by atoms with Gasteiger partial charge in [-0.1, -0.05) is 31.9 Å². The van der Waals surface area contributed by atoms with E-state index in [1.54, 1.807) is 12.1 Å². The van der Waals surface area contributed by atoms with E-state index in [0.717, 1.165) is 10.0 Å². The van der Waals surface area contributed by atoms with Crippen LogP contribution in [0.2, 0.25) is 0 Å². The van der Waals surface area contributed by atoms with Crippen molar-refractivity contribution < 1.29 is 17.9 Å². The van der Waals surface area contributed by atoms with Crippen LogP contribution in [0.3, 0.4) is 0 Å². The summed E-state index contributed by atoms with van der Waals surface area (Å²) in [6.07, 6.45) is 0. The van der Waals surface area contributed by atoms with E-state index in [9.17, 15) is 13.2 Å². The average Bonchev–Trinajstić information content (AvgIpc) is 2.39. The second-order valence-corrected chi connectivity index (χ2v) is 6.26. The number of methoxy groups -OCH3 is 1. The Morgan fingerprint density at radius 2 is 1.62 bits per heavy atom. The van der Waals surface area contributed by atoms with Crippen LogP contribution in [0.4, 0.5) is 13.2 Å². The summed E-state index contributed by atoms with van der Waals surface area (Å²) < 4.78 is 46.9. The van der Waals surface area contributed by atoms with Crippen LogP contribution in [0.1, 0.15) is 21.5 Å². The van der Waals surface area contributed by atoms with Crippen molar-refractivity contribution in [3.63, 3.8) is 0 Å². The molecule has 0 aliphatic rings. The van der Waals surface area contributed by atoms with Crippen LogP contribution >= 0.6 is 31.9 Å². The molecule has 0 heterocycles. The van der Waals surface area contributed by atoms with Gasteiger partial charge in [0.15, 0.2) is 0 Å². The zero-order valence-corrected chi connectivity index (χ0v) is 14.4. The van der Waals surface area contributed by atoms with Crippen molar-refractivity contribution in [3.05, 3.63) is 62.9 Å². The summed E-state index contributed by atoms with van der Waals surface area (Å²) in [6, 6.07) is 4.79. The molecule has 6 heteroatoms. The number of hydrogen-bond acceptors (Lipinski definition) is 1. The minimum Gasteiger partial charge on any atom is -0.496 e. The number of halogens is 5. The molecule has 1 atom stereocenters. The molecular weight excluding hydrogens is 413 g/mol. The highest BCUT2D eigenvalue weighted by atomic mass is 79.9. The van der Waals surface area contributed by atoms with Gasteiger partial charge in [0.25, 0.3) is 0 Å². The summed E-state index contributed by atoms with van der Waals surface area (Å²) in [6.45, 7) is 1.87. The summed E-state index contributed by atoms with van der Waals surface area (Å²) in [5.74, 6) is -2.37. The van der Waals surface area contributed by atoms with Crippen LogP contribution in [0.25, 0.3) is 0 Å². The molecule has 0 radical (unpaired) electrons. The molecule has 21 heavy (non-hydrogen) atoms. The van der Waals surface area contributed by atoms with Crippen LogP contribution < -0.4 is 4.74 Å². The summed E-state index contributed by atoms with van der Waals surface area (Å²) in [5, 5.41) is 0. The van der Waals surface area contributed by atoms with Gasteiger partial charge in [0.05, 0.1) is 11.9 Å². The van der Waals surface area contributed by atoms with Gasteiger partial charge < -0.3 is 4.74 Å². The van der Waals surface area contributed by atoms with Crippen molar-refractivity contribution in [2.45, 2.75) is 11.8 Å². The first-order chi connectivity index (χ1) is 9.85. The highest BCUT2D eigenvalue weighted by Crippen LogP contribution is 2.41. The fraction of sp³-hybridized carbons (Fsp3) is 0.200. The van der Waals surface area contributed by atoms with E-state index in [1.165, 1.54) is 7.11 Å². The van der Waals surface area contributed by atoms with Gasteiger partial charge in [-0.2, -0.15) is 0 Å². The zero-order chi connectivity index (χ0) is 15.7. The van der Waals surface area contributed by atoms with Crippen LogP contribution in [0, 0.1) is 24.4 Å². The van der Waals surface area contributed by atoms with Gasteiger partial charge in [-0.3, -0.25) is 0 Å². The summed E-state index contributed by atoms with van der Waals surface area (Å²) in [7, 11) is 1.48. The van der Waals surface area contributed by atoms with Crippen molar-refractivity contribution in [3.8, 4) is 5.75 Å². The predicted octanol–water partition coefficient (Wildman–Crippen LogP) is 5.67. The van der Waals surface area contributed by atoms with Crippen molar-refractivity contribution >= 4 is 31.9 Å². The second-order valence-electron chi connectivity index (χ2n) is 4.49. The number of hydrogen-bond donors (Lipinski definition) is 0. The third-order valence-electron chi connectivity index (χ3n) is 3.08. The Morgan fingerprint density at radius 1 is 1.05 bits per heavy atom. The molecule has 2 aromatic carbocycles. The van der Waals surface area contributed by atoms with Crippen LogP contribution in [0.5, 0.6) is 5.75 Å². The monoisotopic (exact) mass is 422 g/mol. The lowest BCUT2D eigenvalue weighted by atomic mass is 10.0. The number of rotatable bonds is 3. The molecule has 0 N–H and O–H groups in total. The quantitative estimate of drug-likeness (QED) is 0.578. The molecule has 2 rings (SSSR count). The van der Waals surface area contributed by atoms with Crippen molar-refractivity contribution in [2.24, 2.45) is 0 Å². The Kier molecular flexibility index (Phi) is 4.99. The largest absolute Gasteiger partial charge is 0.496 e. The lowest BCUT2D eigenvalue weighted by Crippen LogP contribution is -2.04. The van der Waals surface area contributed by atoms with Crippen LogP contribution in [0.15, 0.2) is 28.7 Å². The van der Waals surface area contributed by atoms with Crippen LogP contribution in [-0.2, 0) is 0 Å². The molecule has 0 spiro atoms. The van der Waals surface area contributed by atoms with Gasteiger partial charge in [0.1, 0.15) is 23.2 Å². The molecule has 0 bridgehead atoms. The SMILES string of the molecule is COc1cc(C)c(Br)cc1C(Br)c1c(F)cc(F)cc1F. The van der Waals surface area contributed by atoms with Crippen molar-refractivity contribution in [1.29, 1.82) is 0 Å². The molecule has 0 saturated heterocycles. The minimum atomic E-state index is -0.953. The molecule has 0 aliphatic carbocycles. The third-order valence-corrected chi connectivity index (χ3v) is 4.89. The number of benzene rings is 2. The molecule has 0 saturated carbocycles. The fourth-order valence-electron chi connectivity index (χ4n) is 2.00. The molecule has 112 valence electrons. The zero-order valence-electron chi connectivity index (χ0n) is 11.2. The molecule has 2 aromatic rings. The summed E-state index contributed by atoms with van der Waals surface area (Å²) in [5.41, 5.74) is 1.21. The van der Waals surface area contributed by atoms with E-state index < -0.39 is 22.3 Å². The highest BCUT2D eigenvalue weighted by Gasteiger charge is 2.24. The van der Waals surface area contributed by atoms with E-state index in [1.807, 2.05) is 6.92 Å². The Morgan fingerprint density at radius 3 is 2.14 bits per heavy atom. The maximum Gasteiger partial charge on any atom is 0.133 e. The van der Waals surface area contributed by atoms with E-state index in [-0.39, 0.29) is 5.56 Å². The Bertz CT molecular complexity index is 666. The first-order valence-corrected chi connectivity index (χ1v) is 7.68. The van der Waals surface area contributed by atoms with E-state index >= 15 is 0 Å².